The zero-order chi connectivity index (χ0) is 20.7. The van der Waals surface area contributed by atoms with Crippen molar-refractivity contribution >= 4 is 35.3 Å². The quantitative estimate of drug-likeness (QED) is 0.180. The standard InChI is InChI=1S/C19H13ClN2O6/c1-2-27-18(23)14(11-21)8-12-4-3-5-15(9-12)28-19(24)13-6-7-16(20)17(10-13)22(25)26/h3-10H,2H2,1H3/b14-8+. The molecular formula is C19H13ClN2O6. The number of hydrogen-bond acceptors (Lipinski definition) is 7. The molecular weight excluding hydrogens is 388 g/mol. The minimum Gasteiger partial charge on any atom is -0.462 e. The van der Waals surface area contributed by atoms with E-state index < -0.39 is 22.5 Å². The Hall–Kier alpha value is -3.70. The van der Waals surface area contributed by atoms with Crippen LogP contribution >= 0.6 is 11.6 Å². The number of esters is 2. The lowest BCUT2D eigenvalue weighted by atomic mass is 10.1. The van der Waals surface area contributed by atoms with Gasteiger partial charge in [0.25, 0.3) is 5.69 Å². The maximum atomic E-state index is 12.3. The number of nitro benzene ring substituents is 1. The third-order valence-corrected chi connectivity index (χ3v) is 3.69. The average molecular weight is 401 g/mol. The van der Waals surface area contributed by atoms with Gasteiger partial charge in [0.15, 0.2) is 0 Å². The van der Waals surface area contributed by atoms with Gasteiger partial charge in [-0.1, -0.05) is 23.7 Å². The van der Waals surface area contributed by atoms with E-state index in [1.54, 1.807) is 25.1 Å². The summed E-state index contributed by atoms with van der Waals surface area (Å²) < 4.78 is 9.98. The third-order valence-electron chi connectivity index (χ3n) is 3.37. The van der Waals surface area contributed by atoms with Gasteiger partial charge in [-0.25, -0.2) is 9.59 Å². The molecule has 2 rings (SSSR count). The van der Waals surface area contributed by atoms with Gasteiger partial charge >= 0.3 is 11.9 Å². The molecule has 2 aromatic carbocycles. The van der Waals surface area contributed by atoms with Gasteiger partial charge in [-0.2, -0.15) is 5.26 Å². The van der Waals surface area contributed by atoms with Gasteiger partial charge in [-0.3, -0.25) is 10.1 Å². The van der Waals surface area contributed by atoms with Crippen LogP contribution in [-0.4, -0.2) is 23.5 Å². The van der Waals surface area contributed by atoms with E-state index in [9.17, 15) is 19.7 Å². The van der Waals surface area contributed by atoms with E-state index in [4.69, 9.17) is 26.3 Å². The molecule has 0 atom stereocenters. The second kappa shape index (κ2) is 9.30. The van der Waals surface area contributed by atoms with E-state index >= 15 is 0 Å². The summed E-state index contributed by atoms with van der Waals surface area (Å²) in [6, 6.07) is 11.4. The Balaban J connectivity index is 2.24. The highest BCUT2D eigenvalue weighted by Crippen LogP contribution is 2.26. The number of carbonyl (C=O) groups excluding carboxylic acids is 2. The number of benzene rings is 2. The Morgan fingerprint density at radius 1 is 1.29 bits per heavy atom. The highest BCUT2D eigenvalue weighted by atomic mass is 35.5. The second-order valence-corrected chi connectivity index (χ2v) is 5.68. The van der Waals surface area contributed by atoms with Crippen LogP contribution in [0.15, 0.2) is 48.0 Å². The summed E-state index contributed by atoms with van der Waals surface area (Å²) in [4.78, 5) is 34.2. The van der Waals surface area contributed by atoms with Crippen LogP contribution in [0.4, 0.5) is 5.69 Å². The molecule has 142 valence electrons. The smallest absolute Gasteiger partial charge is 0.348 e. The molecule has 0 saturated heterocycles. The van der Waals surface area contributed by atoms with E-state index in [-0.39, 0.29) is 28.5 Å². The summed E-state index contributed by atoms with van der Waals surface area (Å²) >= 11 is 5.72. The fraction of sp³-hybridized carbons (Fsp3) is 0.105. The van der Waals surface area contributed by atoms with E-state index in [0.717, 1.165) is 6.07 Å². The van der Waals surface area contributed by atoms with Gasteiger partial charge in [0, 0.05) is 6.07 Å². The van der Waals surface area contributed by atoms with Crippen LogP contribution < -0.4 is 4.74 Å². The van der Waals surface area contributed by atoms with Crippen molar-refractivity contribution in [2.24, 2.45) is 0 Å². The average Bonchev–Trinajstić information content (AvgIpc) is 2.66. The van der Waals surface area contributed by atoms with E-state index in [2.05, 4.69) is 0 Å². The molecule has 8 nitrogen and oxygen atoms in total. The maximum Gasteiger partial charge on any atom is 0.348 e. The van der Waals surface area contributed by atoms with Crippen molar-refractivity contribution in [3.05, 3.63) is 74.3 Å². The molecule has 0 unspecified atom stereocenters. The Kier molecular flexibility index (Phi) is 6.84. The fourth-order valence-corrected chi connectivity index (χ4v) is 2.31. The van der Waals surface area contributed by atoms with Crippen molar-refractivity contribution < 1.29 is 24.0 Å². The largest absolute Gasteiger partial charge is 0.462 e. The summed E-state index contributed by atoms with van der Waals surface area (Å²) in [5, 5.41) is 19.9. The Bertz CT molecular complexity index is 1010. The van der Waals surface area contributed by atoms with Crippen molar-refractivity contribution in [3.63, 3.8) is 0 Å². The lowest BCUT2D eigenvalue weighted by molar-refractivity contribution is -0.384. The molecule has 0 spiro atoms. The number of hydrogen-bond donors (Lipinski definition) is 0. The Labute approximate surface area is 164 Å². The van der Waals surface area contributed by atoms with Gasteiger partial charge in [-0.15, -0.1) is 0 Å². The van der Waals surface area contributed by atoms with E-state index in [0.29, 0.717) is 5.56 Å². The summed E-state index contributed by atoms with van der Waals surface area (Å²) in [7, 11) is 0. The summed E-state index contributed by atoms with van der Waals surface area (Å²) in [5.74, 6) is -1.47. The van der Waals surface area contributed by atoms with E-state index in [1.807, 2.05) is 0 Å². The number of rotatable bonds is 6. The summed E-state index contributed by atoms with van der Waals surface area (Å²) in [6.07, 6.45) is 1.29. The van der Waals surface area contributed by atoms with Crippen LogP contribution in [0.2, 0.25) is 5.02 Å². The van der Waals surface area contributed by atoms with Crippen LogP contribution in [0.25, 0.3) is 6.08 Å². The molecule has 28 heavy (non-hydrogen) atoms. The van der Waals surface area contributed by atoms with Gasteiger partial charge in [-0.05, 0) is 42.8 Å². The van der Waals surface area contributed by atoms with Crippen LogP contribution in [0.1, 0.15) is 22.8 Å². The number of carbonyl (C=O) groups is 2. The molecule has 9 heteroatoms. The van der Waals surface area contributed by atoms with Gasteiger partial charge < -0.3 is 9.47 Å². The van der Waals surface area contributed by atoms with Crippen LogP contribution in [0.3, 0.4) is 0 Å². The molecule has 0 aromatic heterocycles. The van der Waals surface area contributed by atoms with Crippen molar-refractivity contribution in [1.29, 1.82) is 5.26 Å². The molecule has 0 aliphatic rings. The monoisotopic (exact) mass is 400 g/mol. The molecule has 2 aromatic rings. The molecule has 0 N–H and O–H groups in total. The first-order valence-corrected chi connectivity index (χ1v) is 8.28. The number of ether oxygens (including phenoxy) is 2. The number of halogens is 1. The lowest BCUT2D eigenvalue weighted by Gasteiger charge is -2.06. The van der Waals surface area contributed by atoms with Gasteiger partial charge in [0.2, 0.25) is 0 Å². The first-order valence-electron chi connectivity index (χ1n) is 7.90. The van der Waals surface area contributed by atoms with Crippen molar-refractivity contribution in [2.75, 3.05) is 6.61 Å². The fourth-order valence-electron chi connectivity index (χ4n) is 2.13. The van der Waals surface area contributed by atoms with Crippen LogP contribution in [-0.2, 0) is 9.53 Å². The summed E-state index contributed by atoms with van der Waals surface area (Å²) in [6.45, 7) is 1.75. The zero-order valence-corrected chi connectivity index (χ0v) is 15.3. The molecule has 0 saturated carbocycles. The first-order chi connectivity index (χ1) is 13.3. The van der Waals surface area contributed by atoms with Crippen LogP contribution in [0.5, 0.6) is 5.75 Å². The molecule has 0 aliphatic heterocycles. The van der Waals surface area contributed by atoms with Crippen molar-refractivity contribution in [2.45, 2.75) is 6.92 Å². The number of nitrogens with zero attached hydrogens (tertiary/aromatic N) is 2. The normalized spacial score (nSPS) is 10.7. The highest BCUT2D eigenvalue weighted by Gasteiger charge is 2.18. The lowest BCUT2D eigenvalue weighted by Crippen LogP contribution is -2.09. The SMILES string of the molecule is CCOC(=O)/C(C#N)=C/c1cccc(OC(=O)c2ccc(Cl)c([N+](=O)[O-])c2)c1. The van der Waals surface area contributed by atoms with Crippen molar-refractivity contribution in [1.82, 2.24) is 0 Å². The predicted octanol–water partition coefficient (Wildman–Crippen LogP) is 3.94. The topological polar surface area (TPSA) is 120 Å². The van der Waals surface area contributed by atoms with Crippen molar-refractivity contribution in [3.8, 4) is 11.8 Å². The zero-order valence-electron chi connectivity index (χ0n) is 14.5. The minimum absolute atomic E-state index is 0.0544. The Morgan fingerprint density at radius 3 is 2.68 bits per heavy atom. The first kappa shape index (κ1) is 20.6. The maximum absolute atomic E-state index is 12.3. The minimum atomic E-state index is -0.827. The predicted molar refractivity (Wildman–Crippen MR) is 99.7 cm³/mol. The Morgan fingerprint density at radius 2 is 2.04 bits per heavy atom. The number of nitro groups is 1. The third kappa shape index (κ3) is 5.16. The van der Waals surface area contributed by atoms with Gasteiger partial charge in [0.1, 0.15) is 22.4 Å². The molecule has 0 heterocycles. The van der Waals surface area contributed by atoms with E-state index in [1.165, 1.54) is 30.3 Å². The molecule has 0 bridgehead atoms. The van der Waals surface area contributed by atoms with Crippen LogP contribution in [0, 0.1) is 21.4 Å². The molecule has 0 amide bonds. The second-order valence-electron chi connectivity index (χ2n) is 5.28. The summed E-state index contributed by atoms with van der Waals surface area (Å²) in [5.41, 5.74) is -0.252. The molecule has 0 aliphatic carbocycles. The molecule has 0 radical (unpaired) electrons. The molecule has 0 fully saturated rings. The number of nitriles is 1. The highest BCUT2D eigenvalue weighted by molar-refractivity contribution is 6.32. The van der Waals surface area contributed by atoms with Gasteiger partial charge in [0.05, 0.1) is 17.1 Å².